The van der Waals surface area contributed by atoms with E-state index in [0.717, 1.165) is 72.5 Å². The molecule has 0 amide bonds. The van der Waals surface area contributed by atoms with Crippen LogP contribution >= 0.6 is 0 Å². The standard InChI is InChI=1S/C48H31N3O/c1-4-12-32(13-5-1)33-20-22-34(23-21-33)39-28-29-43-40(30-39)46(48-51(43)44-18-10-11-19-45(44)52-48)37-26-24-36(25-27-37)42-31-41(35-14-6-2-7-15-35)49-47(50-42)38-16-8-3-9-17-38/h1-31H. The molecule has 0 aliphatic heterocycles. The summed E-state index contributed by atoms with van der Waals surface area (Å²) in [5.41, 5.74) is 15.6. The molecule has 3 aromatic heterocycles. The summed E-state index contributed by atoms with van der Waals surface area (Å²) in [5, 5.41) is 1.14. The van der Waals surface area contributed by atoms with Gasteiger partial charge < -0.3 is 4.42 Å². The van der Waals surface area contributed by atoms with Gasteiger partial charge in [0.15, 0.2) is 11.4 Å². The lowest BCUT2D eigenvalue weighted by Crippen LogP contribution is -1.95. The smallest absolute Gasteiger partial charge is 0.213 e. The van der Waals surface area contributed by atoms with Crippen LogP contribution in [0.4, 0.5) is 0 Å². The molecule has 0 radical (unpaired) electrons. The molecule has 10 aromatic rings. The highest BCUT2D eigenvalue weighted by Gasteiger charge is 2.21. The number of hydrogen-bond acceptors (Lipinski definition) is 3. The molecule has 0 saturated carbocycles. The molecule has 0 fully saturated rings. The Balaban J connectivity index is 1.10. The van der Waals surface area contributed by atoms with Gasteiger partial charge in [-0.25, -0.2) is 9.97 Å². The van der Waals surface area contributed by atoms with Gasteiger partial charge >= 0.3 is 0 Å². The van der Waals surface area contributed by atoms with Gasteiger partial charge in [0.1, 0.15) is 0 Å². The number of aromatic nitrogens is 3. The minimum Gasteiger partial charge on any atom is -0.438 e. The van der Waals surface area contributed by atoms with E-state index in [4.69, 9.17) is 14.4 Å². The van der Waals surface area contributed by atoms with Crippen molar-refractivity contribution in [2.75, 3.05) is 0 Å². The molecule has 0 aliphatic rings. The highest BCUT2D eigenvalue weighted by Crippen LogP contribution is 2.41. The Morgan fingerprint density at radius 2 is 0.846 bits per heavy atom. The van der Waals surface area contributed by atoms with Crippen LogP contribution in [-0.4, -0.2) is 14.4 Å². The highest BCUT2D eigenvalue weighted by molar-refractivity contribution is 6.08. The van der Waals surface area contributed by atoms with Crippen LogP contribution in [0.3, 0.4) is 0 Å². The molecule has 0 spiro atoms. The number of hydrogen-bond donors (Lipinski definition) is 0. The van der Waals surface area contributed by atoms with Crippen molar-refractivity contribution in [3.63, 3.8) is 0 Å². The summed E-state index contributed by atoms with van der Waals surface area (Å²) in [4.78, 5) is 10.0. The maximum absolute atomic E-state index is 6.62. The van der Waals surface area contributed by atoms with Crippen LogP contribution in [-0.2, 0) is 0 Å². The van der Waals surface area contributed by atoms with E-state index in [1.165, 1.54) is 16.7 Å². The lowest BCUT2D eigenvalue weighted by atomic mass is 9.97. The van der Waals surface area contributed by atoms with E-state index < -0.39 is 0 Å². The van der Waals surface area contributed by atoms with Crippen molar-refractivity contribution in [2.24, 2.45) is 0 Å². The van der Waals surface area contributed by atoms with Gasteiger partial charge in [-0.15, -0.1) is 0 Å². The summed E-state index contributed by atoms with van der Waals surface area (Å²) in [6.07, 6.45) is 0. The van der Waals surface area contributed by atoms with Crippen molar-refractivity contribution in [3.8, 4) is 67.3 Å². The normalized spacial score (nSPS) is 11.5. The van der Waals surface area contributed by atoms with Gasteiger partial charge in [0.2, 0.25) is 5.71 Å². The van der Waals surface area contributed by atoms with Crippen molar-refractivity contribution in [1.82, 2.24) is 14.4 Å². The number of fused-ring (bicyclic) bond motifs is 5. The third kappa shape index (κ3) is 5.17. The molecule has 4 nitrogen and oxygen atoms in total. The Bertz CT molecular complexity index is 2800. The zero-order valence-corrected chi connectivity index (χ0v) is 28.1. The minimum absolute atomic E-state index is 0.702. The molecule has 4 heteroatoms. The number of rotatable bonds is 6. The van der Waals surface area contributed by atoms with Gasteiger partial charge in [-0.2, -0.15) is 0 Å². The topological polar surface area (TPSA) is 43.3 Å². The van der Waals surface area contributed by atoms with Gasteiger partial charge in [-0.3, -0.25) is 4.40 Å². The molecule has 244 valence electrons. The summed E-state index contributed by atoms with van der Waals surface area (Å²) < 4.78 is 8.87. The molecule has 3 heterocycles. The fourth-order valence-electron chi connectivity index (χ4n) is 7.26. The molecular weight excluding hydrogens is 635 g/mol. The van der Waals surface area contributed by atoms with E-state index in [9.17, 15) is 0 Å². The van der Waals surface area contributed by atoms with Crippen LogP contribution in [0.1, 0.15) is 0 Å². The number of para-hydroxylation sites is 2. The molecule has 0 atom stereocenters. The lowest BCUT2D eigenvalue weighted by molar-refractivity contribution is 0.658. The van der Waals surface area contributed by atoms with Crippen molar-refractivity contribution in [2.45, 2.75) is 0 Å². The zero-order chi connectivity index (χ0) is 34.4. The number of oxazole rings is 1. The SMILES string of the molecule is c1ccc(-c2ccc(-c3ccc4c(c3)c(-c3ccc(-c5cc(-c6ccccc6)nc(-c6ccccc6)n5)cc3)c3oc5ccccc5n34)cc2)cc1. The van der Waals surface area contributed by atoms with Crippen LogP contribution in [0.15, 0.2) is 192 Å². The van der Waals surface area contributed by atoms with Crippen molar-refractivity contribution in [3.05, 3.63) is 188 Å². The van der Waals surface area contributed by atoms with E-state index in [0.29, 0.717) is 5.82 Å². The number of nitrogens with zero attached hydrogens (tertiary/aromatic N) is 3. The molecule has 0 aliphatic carbocycles. The quantitative estimate of drug-likeness (QED) is 0.178. The molecule has 0 unspecified atom stereocenters. The summed E-state index contributed by atoms with van der Waals surface area (Å²) in [6.45, 7) is 0. The predicted molar refractivity (Wildman–Crippen MR) is 213 cm³/mol. The lowest BCUT2D eigenvalue weighted by Gasteiger charge is -2.10. The van der Waals surface area contributed by atoms with E-state index in [1.54, 1.807) is 0 Å². The molecular formula is C48H31N3O. The summed E-state index contributed by atoms with van der Waals surface area (Å²) in [7, 11) is 0. The Kier molecular flexibility index (Phi) is 7.10. The summed E-state index contributed by atoms with van der Waals surface area (Å²) in [5.74, 6) is 0.702. The fourth-order valence-corrected chi connectivity index (χ4v) is 7.26. The zero-order valence-electron chi connectivity index (χ0n) is 28.1. The maximum Gasteiger partial charge on any atom is 0.213 e. The largest absolute Gasteiger partial charge is 0.438 e. The Hall–Kier alpha value is -7.04. The monoisotopic (exact) mass is 665 g/mol. The third-order valence-corrected chi connectivity index (χ3v) is 9.86. The molecule has 0 N–H and O–H groups in total. The Morgan fingerprint density at radius 1 is 0.365 bits per heavy atom. The Labute approximate surface area is 300 Å². The molecule has 10 rings (SSSR count). The molecule has 0 bridgehead atoms. The van der Waals surface area contributed by atoms with Gasteiger partial charge in [-0.1, -0.05) is 158 Å². The van der Waals surface area contributed by atoms with Crippen molar-refractivity contribution in [1.29, 1.82) is 0 Å². The van der Waals surface area contributed by atoms with Crippen molar-refractivity contribution < 1.29 is 4.42 Å². The number of benzene rings is 7. The van der Waals surface area contributed by atoms with Gasteiger partial charge in [0.05, 0.1) is 28.0 Å². The first-order valence-corrected chi connectivity index (χ1v) is 17.5. The first kappa shape index (κ1) is 29.8. The fraction of sp³-hybridized carbons (Fsp3) is 0. The minimum atomic E-state index is 0.702. The average Bonchev–Trinajstić information content (AvgIpc) is 3.76. The summed E-state index contributed by atoms with van der Waals surface area (Å²) >= 11 is 0. The van der Waals surface area contributed by atoms with Crippen LogP contribution in [0.25, 0.3) is 95.0 Å². The highest BCUT2D eigenvalue weighted by atomic mass is 16.3. The van der Waals surface area contributed by atoms with E-state index in [-0.39, 0.29) is 0 Å². The van der Waals surface area contributed by atoms with Crippen LogP contribution < -0.4 is 0 Å². The van der Waals surface area contributed by atoms with Gasteiger partial charge in [-0.05, 0) is 58.1 Å². The van der Waals surface area contributed by atoms with Crippen LogP contribution in [0.5, 0.6) is 0 Å². The molecule has 7 aromatic carbocycles. The predicted octanol–water partition coefficient (Wildman–Crippen LogP) is 12.6. The van der Waals surface area contributed by atoms with Crippen molar-refractivity contribution >= 4 is 27.7 Å². The first-order chi connectivity index (χ1) is 25.8. The van der Waals surface area contributed by atoms with Crippen LogP contribution in [0, 0.1) is 0 Å². The Morgan fingerprint density at radius 3 is 1.52 bits per heavy atom. The third-order valence-electron chi connectivity index (χ3n) is 9.86. The van der Waals surface area contributed by atoms with E-state index in [1.807, 2.05) is 48.5 Å². The maximum atomic E-state index is 6.62. The van der Waals surface area contributed by atoms with Gasteiger partial charge in [0, 0.05) is 22.1 Å². The second-order valence-corrected chi connectivity index (χ2v) is 13.0. The second kappa shape index (κ2) is 12.4. The van der Waals surface area contributed by atoms with Gasteiger partial charge in [0.25, 0.3) is 0 Å². The summed E-state index contributed by atoms with van der Waals surface area (Å²) in [6, 6.07) is 65.5. The second-order valence-electron chi connectivity index (χ2n) is 13.0. The van der Waals surface area contributed by atoms with E-state index >= 15 is 0 Å². The first-order valence-electron chi connectivity index (χ1n) is 17.5. The van der Waals surface area contributed by atoms with E-state index in [2.05, 4.69) is 144 Å². The molecule has 52 heavy (non-hydrogen) atoms. The molecule has 0 saturated heterocycles. The van der Waals surface area contributed by atoms with Crippen LogP contribution in [0.2, 0.25) is 0 Å². The average molecular weight is 666 g/mol.